The van der Waals surface area contributed by atoms with E-state index in [1.165, 1.54) is 128 Å². The Morgan fingerprint density at radius 2 is 0.578 bits per heavy atom. The number of unbranched alkanes of at least 4 members (excludes halogenated alkanes) is 20. The van der Waals surface area contributed by atoms with E-state index in [1.807, 2.05) is 0 Å². The molecule has 45 heavy (non-hydrogen) atoms. The summed E-state index contributed by atoms with van der Waals surface area (Å²) < 4.78 is 39.2. The molecule has 268 valence electrons. The molecular weight excluding hydrogens is 568 g/mol. The Morgan fingerprint density at radius 1 is 0.311 bits per heavy atom. The Kier molecular flexibility index (Phi) is 34.3. The molecule has 0 spiro atoms. The van der Waals surface area contributed by atoms with Crippen molar-refractivity contribution in [2.45, 2.75) is 168 Å². The van der Waals surface area contributed by atoms with E-state index in [2.05, 4.69) is 13.8 Å². The molecular formula is C38H74O7. The predicted octanol–water partition coefficient (Wildman–Crippen LogP) is 11.4. The Hall–Kier alpha value is -1.44. The molecule has 0 heterocycles. The largest absolute Gasteiger partial charge is 0.498 e. The first kappa shape index (κ1) is 43.6. The number of ether oxygens (including phenoxy) is 7. The summed E-state index contributed by atoms with van der Waals surface area (Å²) in [6, 6.07) is 0. The molecule has 0 aliphatic rings. The molecule has 0 fully saturated rings. The molecule has 0 saturated heterocycles. The summed E-state index contributed by atoms with van der Waals surface area (Å²) in [6.07, 6.45) is 30.8. The van der Waals surface area contributed by atoms with Gasteiger partial charge in [-0.25, -0.2) is 0 Å². The van der Waals surface area contributed by atoms with Gasteiger partial charge in [-0.1, -0.05) is 142 Å². The summed E-state index contributed by atoms with van der Waals surface area (Å²) in [4.78, 5) is 0. The van der Waals surface area contributed by atoms with E-state index in [-0.39, 0.29) is 13.6 Å². The maximum Gasteiger partial charge on any atom is 0.159 e. The molecule has 0 unspecified atom stereocenters. The van der Waals surface area contributed by atoms with Crippen LogP contribution in [0.15, 0.2) is 23.0 Å². The number of allylic oxidation sites excluding steroid dienone is 2. The highest BCUT2D eigenvalue weighted by molar-refractivity contribution is 5.02. The van der Waals surface area contributed by atoms with Gasteiger partial charge < -0.3 is 33.2 Å². The molecule has 0 radical (unpaired) electrons. The van der Waals surface area contributed by atoms with E-state index in [1.54, 1.807) is 28.4 Å². The van der Waals surface area contributed by atoms with Crippen molar-refractivity contribution in [2.24, 2.45) is 0 Å². The van der Waals surface area contributed by atoms with Crippen LogP contribution in [0.2, 0.25) is 0 Å². The van der Waals surface area contributed by atoms with Crippen LogP contribution < -0.4 is 0 Å². The monoisotopic (exact) mass is 643 g/mol. The second-order valence-electron chi connectivity index (χ2n) is 12.2. The van der Waals surface area contributed by atoms with Gasteiger partial charge in [0.2, 0.25) is 0 Å². The van der Waals surface area contributed by atoms with Crippen LogP contribution in [0.25, 0.3) is 0 Å². The average Bonchev–Trinajstić information content (AvgIpc) is 3.06. The highest BCUT2D eigenvalue weighted by atomic mass is 16.7. The minimum absolute atomic E-state index is 0.101. The van der Waals surface area contributed by atoms with Crippen molar-refractivity contribution in [3.05, 3.63) is 23.0 Å². The highest BCUT2D eigenvalue weighted by Crippen LogP contribution is 2.19. The Morgan fingerprint density at radius 3 is 0.844 bits per heavy atom. The maximum atomic E-state index is 5.67. The molecule has 0 aromatic heterocycles. The normalized spacial score (nSPS) is 12.6. The Labute approximate surface area is 279 Å². The molecule has 0 atom stereocenters. The van der Waals surface area contributed by atoms with E-state index in [0.29, 0.717) is 24.7 Å². The summed E-state index contributed by atoms with van der Waals surface area (Å²) >= 11 is 0. The fraction of sp³-hybridized carbons (Fsp3) is 0.895. The maximum absolute atomic E-state index is 5.67. The number of methoxy groups -OCH3 is 4. The topological polar surface area (TPSA) is 64.6 Å². The van der Waals surface area contributed by atoms with Gasteiger partial charge in [-0.05, 0) is 12.8 Å². The van der Waals surface area contributed by atoms with Crippen LogP contribution in [-0.4, -0.2) is 55.2 Å². The summed E-state index contributed by atoms with van der Waals surface area (Å²) in [5.41, 5.74) is 0. The van der Waals surface area contributed by atoms with Crippen LogP contribution in [0, 0.1) is 0 Å². The molecule has 0 rings (SSSR count). The summed E-state index contributed by atoms with van der Waals surface area (Å²) in [7, 11) is 6.71. The number of hydrogen-bond acceptors (Lipinski definition) is 7. The van der Waals surface area contributed by atoms with Gasteiger partial charge in [-0.3, -0.25) is 0 Å². The van der Waals surface area contributed by atoms with Crippen molar-refractivity contribution in [1.29, 1.82) is 0 Å². The third-order valence-corrected chi connectivity index (χ3v) is 8.42. The van der Waals surface area contributed by atoms with Gasteiger partial charge in [0.05, 0.1) is 28.4 Å². The fourth-order valence-corrected chi connectivity index (χ4v) is 5.54. The molecule has 7 nitrogen and oxygen atoms in total. The first-order chi connectivity index (χ1) is 22.2. The molecule has 7 heteroatoms. The highest BCUT2D eigenvalue weighted by Gasteiger charge is 2.10. The lowest BCUT2D eigenvalue weighted by atomic mass is 10.0. The minimum Gasteiger partial charge on any atom is -0.498 e. The number of rotatable bonds is 36. The van der Waals surface area contributed by atoms with Crippen molar-refractivity contribution >= 4 is 0 Å². The van der Waals surface area contributed by atoms with Gasteiger partial charge in [-0.15, -0.1) is 0 Å². The van der Waals surface area contributed by atoms with Crippen LogP contribution >= 0.6 is 0 Å². The van der Waals surface area contributed by atoms with Crippen molar-refractivity contribution in [3.63, 3.8) is 0 Å². The molecule has 0 N–H and O–H groups in total. The van der Waals surface area contributed by atoms with Gasteiger partial charge in [0.15, 0.2) is 11.5 Å². The van der Waals surface area contributed by atoms with Crippen LogP contribution in [0.5, 0.6) is 0 Å². The van der Waals surface area contributed by atoms with Crippen LogP contribution in [0.4, 0.5) is 0 Å². The van der Waals surface area contributed by atoms with E-state index in [4.69, 9.17) is 33.2 Å². The van der Waals surface area contributed by atoms with Crippen molar-refractivity contribution in [3.8, 4) is 0 Å². The van der Waals surface area contributed by atoms with Gasteiger partial charge in [0.25, 0.3) is 0 Å². The molecule has 0 aliphatic carbocycles. The van der Waals surface area contributed by atoms with Crippen LogP contribution in [0.1, 0.15) is 168 Å². The lowest BCUT2D eigenvalue weighted by Gasteiger charge is -2.15. The zero-order valence-electron chi connectivity index (χ0n) is 30.7. The lowest BCUT2D eigenvalue weighted by molar-refractivity contribution is -0.130. The second kappa shape index (κ2) is 35.4. The van der Waals surface area contributed by atoms with Crippen LogP contribution in [0.3, 0.4) is 0 Å². The molecule has 0 aromatic carbocycles. The zero-order valence-corrected chi connectivity index (χ0v) is 30.7. The van der Waals surface area contributed by atoms with Gasteiger partial charge in [0.1, 0.15) is 38.3 Å². The Balaban J connectivity index is 4.06. The number of hydrogen-bond donors (Lipinski definition) is 0. The first-order valence-electron chi connectivity index (χ1n) is 18.5. The van der Waals surface area contributed by atoms with Gasteiger partial charge >= 0.3 is 0 Å². The molecule has 0 aromatic rings. The average molecular weight is 643 g/mol. The predicted molar refractivity (Wildman–Crippen MR) is 187 cm³/mol. The molecule has 0 bridgehead atoms. The van der Waals surface area contributed by atoms with Crippen molar-refractivity contribution in [1.82, 2.24) is 0 Å². The van der Waals surface area contributed by atoms with E-state index >= 15 is 0 Å². The van der Waals surface area contributed by atoms with Crippen LogP contribution in [-0.2, 0) is 33.2 Å². The minimum atomic E-state index is 0.101. The first-order valence-corrected chi connectivity index (χ1v) is 18.5. The van der Waals surface area contributed by atoms with Gasteiger partial charge in [0, 0.05) is 12.8 Å². The standard InChI is InChI=1S/C38H74O7/c1-7-9-11-13-15-17-19-21-23-25-27-29-35(39-3)37(41-5)31-43-33-45-34-44-32-38(42-6)36(40-4)30-28-26-24-22-20-18-16-14-12-10-8-2/h7-34H2,1-6H3. The second-order valence-corrected chi connectivity index (χ2v) is 12.2. The third-order valence-electron chi connectivity index (χ3n) is 8.42. The van der Waals surface area contributed by atoms with Crippen molar-refractivity contribution < 1.29 is 33.2 Å². The van der Waals surface area contributed by atoms with Crippen molar-refractivity contribution in [2.75, 3.05) is 55.2 Å². The Bertz CT molecular complexity index is 621. The van der Waals surface area contributed by atoms with Gasteiger partial charge in [-0.2, -0.15) is 0 Å². The summed E-state index contributed by atoms with van der Waals surface area (Å²) in [5, 5.41) is 0. The smallest absolute Gasteiger partial charge is 0.159 e. The van der Waals surface area contributed by atoms with E-state index < -0.39 is 0 Å². The summed E-state index contributed by atoms with van der Waals surface area (Å²) in [6.45, 7) is 5.35. The molecule has 0 amide bonds. The zero-order chi connectivity index (χ0) is 33.1. The quantitative estimate of drug-likeness (QED) is 0.0383. The third kappa shape index (κ3) is 27.4. The van der Waals surface area contributed by atoms with E-state index in [9.17, 15) is 0 Å². The fourth-order valence-electron chi connectivity index (χ4n) is 5.54. The molecule has 0 saturated carbocycles. The molecule has 0 aliphatic heterocycles. The van der Waals surface area contributed by atoms with E-state index in [0.717, 1.165) is 37.2 Å². The SMILES string of the molecule is CCCCCCCCCCCCCC(OC)=C(COCOCOCC(OC)=C(CCCCCCCCCCCCC)OC)OC. The lowest BCUT2D eigenvalue weighted by Crippen LogP contribution is -2.12. The summed E-state index contributed by atoms with van der Waals surface area (Å²) in [5.74, 6) is 3.13.